The molecule has 0 bridgehead atoms. The van der Waals surface area contributed by atoms with Gasteiger partial charge in [-0.3, -0.25) is 4.90 Å². The molecule has 3 atom stereocenters. The second kappa shape index (κ2) is 7.61. The molecule has 19 heavy (non-hydrogen) atoms. The highest BCUT2D eigenvalue weighted by molar-refractivity contribution is 4.91. The summed E-state index contributed by atoms with van der Waals surface area (Å²) in [7, 11) is 0. The lowest BCUT2D eigenvalue weighted by molar-refractivity contribution is 0.0900. The minimum atomic E-state index is 0.306. The Morgan fingerprint density at radius 3 is 2.74 bits per heavy atom. The van der Waals surface area contributed by atoms with Crippen LogP contribution in [0.5, 0.6) is 0 Å². The molecule has 2 fully saturated rings. The molecular formula is C16H32N2O. The van der Waals surface area contributed by atoms with Gasteiger partial charge in [-0.05, 0) is 57.4 Å². The third-order valence-electron chi connectivity index (χ3n) is 4.91. The standard InChI is InChI=1S/C16H32N2O/c1-3-5-14-10-16(17-8-4-9-19)12-18(11-14)13(2)15-6-7-15/h13-17,19H,3-12H2,1-2H3. The van der Waals surface area contributed by atoms with Gasteiger partial charge in [0.1, 0.15) is 0 Å². The fourth-order valence-electron chi connectivity index (χ4n) is 3.60. The number of aliphatic hydroxyl groups is 1. The summed E-state index contributed by atoms with van der Waals surface area (Å²) in [5, 5.41) is 12.6. The minimum absolute atomic E-state index is 0.306. The molecule has 3 nitrogen and oxygen atoms in total. The highest BCUT2D eigenvalue weighted by Gasteiger charge is 2.36. The molecule has 0 aromatic heterocycles. The molecule has 0 spiro atoms. The van der Waals surface area contributed by atoms with Crippen LogP contribution in [0.25, 0.3) is 0 Å². The molecule has 3 unspecified atom stereocenters. The third-order valence-corrected chi connectivity index (χ3v) is 4.91. The SMILES string of the molecule is CCCC1CC(NCCCO)CN(C(C)C2CC2)C1. The van der Waals surface area contributed by atoms with Gasteiger partial charge in [-0.15, -0.1) is 0 Å². The highest BCUT2D eigenvalue weighted by atomic mass is 16.3. The molecule has 0 amide bonds. The quantitative estimate of drug-likeness (QED) is 0.663. The summed E-state index contributed by atoms with van der Waals surface area (Å²) in [5.41, 5.74) is 0. The molecule has 3 heteroatoms. The van der Waals surface area contributed by atoms with E-state index < -0.39 is 0 Å². The lowest BCUT2D eigenvalue weighted by atomic mass is 9.89. The molecule has 1 heterocycles. The molecular weight excluding hydrogens is 236 g/mol. The lowest BCUT2D eigenvalue weighted by Crippen LogP contribution is -2.52. The van der Waals surface area contributed by atoms with Crippen molar-refractivity contribution in [2.45, 2.75) is 64.5 Å². The Balaban J connectivity index is 1.84. The molecule has 112 valence electrons. The van der Waals surface area contributed by atoms with Gasteiger partial charge in [-0.2, -0.15) is 0 Å². The molecule has 2 rings (SSSR count). The van der Waals surface area contributed by atoms with Gasteiger partial charge >= 0.3 is 0 Å². The summed E-state index contributed by atoms with van der Waals surface area (Å²) in [6, 6.07) is 1.42. The van der Waals surface area contributed by atoms with Crippen LogP contribution in [0.4, 0.5) is 0 Å². The van der Waals surface area contributed by atoms with E-state index in [0.717, 1.165) is 30.8 Å². The van der Waals surface area contributed by atoms with Crippen molar-refractivity contribution in [1.29, 1.82) is 0 Å². The van der Waals surface area contributed by atoms with Gasteiger partial charge in [-0.25, -0.2) is 0 Å². The Morgan fingerprint density at radius 1 is 1.32 bits per heavy atom. The molecule has 0 aromatic rings. The van der Waals surface area contributed by atoms with Crippen LogP contribution < -0.4 is 5.32 Å². The van der Waals surface area contributed by atoms with E-state index in [4.69, 9.17) is 5.11 Å². The number of piperidine rings is 1. The van der Waals surface area contributed by atoms with Crippen molar-refractivity contribution in [2.75, 3.05) is 26.2 Å². The zero-order valence-electron chi connectivity index (χ0n) is 12.8. The van der Waals surface area contributed by atoms with Gasteiger partial charge < -0.3 is 10.4 Å². The molecule has 2 N–H and O–H groups in total. The number of hydrogen-bond donors (Lipinski definition) is 2. The zero-order valence-corrected chi connectivity index (χ0v) is 12.8. The molecule has 1 saturated carbocycles. The van der Waals surface area contributed by atoms with E-state index in [-0.39, 0.29) is 0 Å². The smallest absolute Gasteiger partial charge is 0.0443 e. The topological polar surface area (TPSA) is 35.5 Å². The maximum absolute atomic E-state index is 8.90. The number of nitrogens with one attached hydrogen (secondary N) is 1. The van der Waals surface area contributed by atoms with Crippen molar-refractivity contribution >= 4 is 0 Å². The number of rotatable bonds is 8. The Labute approximate surface area is 118 Å². The van der Waals surface area contributed by atoms with E-state index >= 15 is 0 Å². The minimum Gasteiger partial charge on any atom is -0.396 e. The molecule has 1 aliphatic heterocycles. The van der Waals surface area contributed by atoms with Crippen molar-refractivity contribution in [3.63, 3.8) is 0 Å². The van der Waals surface area contributed by atoms with E-state index in [9.17, 15) is 0 Å². The number of aliphatic hydroxyl groups excluding tert-OH is 1. The van der Waals surface area contributed by atoms with Gasteiger partial charge in [0.2, 0.25) is 0 Å². The average molecular weight is 268 g/mol. The van der Waals surface area contributed by atoms with E-state index in [1.54, 1.807) is 0 Å². The van der Waals surface area contributed by atoms with Crippen molar-refractivity contribution in [3.05, 3.63) is 0 Å². The van der Waals surface area contributed by atoms with Crippen LogP contribution in [0.15, 0.2) is 0 Å². The summed E-state index contributed by atoms with van der Waals surface area (Å²) >= 11 is 0. The molecule has 2 aliphatic rings. The first-order valence-corrected chi connectivity index (χ1v) is 8.32. The Bertz CT molecular complexity index is 255. The number of likely N-dealkylation sites (tertiary alicyclic amines) is 1. The first kappa shape index (κ1) is 15.3. The van der Waals surface area contributed by atoms with Gasteiger partial charge in [0.25, 0.3) is 0 Å². The van der Waals surface area contributed by atoms with Crippen molar-refractivity contribution in [3.8, 4) is 0 Å². The van der Waals surface area contributed by atoms with Crippen LogP contribution in [0.3, 0.4) is 0 Å². The normalized spacial score (nSPS) is 30.5. The zero-order chi connectivity index (χ0) is 13.7. The highest BCUT2D eigenvalue weighted by Crippen LogP contribution is 2.37. The maximum atomic E-state index is 8.90. The van der Waals surface area contributed by atoms with Crippen LogP contribution in [0, 0.1) is 11.8 Å². The summed E-state index contributed by atoms with van der Waals surface area (Å²) in [6.07, 6.45) is 7.77. The maximum Gasteiger partial charge on any atom is 0.0443 e. The summed E-state index contributed by atoms with van der Waals surface area (Å²) < 4.78 is 0. The summed E-state index contributed by atoms with van der Waals surface area (Å²) in [5.74, 6) is 1.84. The van der Waals surface area contributed by atoms with Crippen molar-refractivity contribution in [1.82, 2.24) is 10.2 Å². The fourth-order valence-corrected chi connectivity index (χ4v) is 3.60. The summed E-state index contributed by atoms with van der Waals surface area (Å²) in [6.45, 7) is 8.52. The number of hydrogen-bond acceptors (Lipinski definition) is 3. The van der Waals surface area contributed by atoms with Gasteiger partial charge in [0.15, 0.2) is 0 Å². The second-order valence-corrected chi connectivity index (χ2v) is 6.65. The van der Waals surface area contributed by atoms with Crippen LogP contribution >= 0.6 is 0 Å². The van der Waals surface area contributed by atoms with E-state index in [2.05, 4.69) is 24.1 Å². The molecule has 0 radical (unpaired) electrons. The van der Waals surface area contributed by atoms with Crippen LogP contribution in [-0.4, -0.2) is 48.3 Å². The lowest BCUT2D eigenvalue weighted by Gasteiger charge is -2.41. The van der Waals surface area contributed by atoms with E-state index in [0.29, 0.717) is 12.6 Å². The van der Waals surface area contributed by atoms with Crippen LogP contribution in [-0.2, 0) is 0 Å². The molecule has 0 aromatic carbocycles. The third kappa shape index (κ3) is 4.73. The van der Waals surface area contributed by atoms with E-state index in [1.165, 1.54) is 45.2 Å². The predicted octanol–water partition coefficient (Wildman–Crippen LogP) is 2.25. The first-order chi connectivity index (χ1) is 9.24. The Hall–Kier alpha value is -0.120. The predicted molar refractivity (Wildman–Crippen MR) is 80.3 cm³/mol. The first-order valence-electron chi connectivity index (χ1n) is 8.32. The Kier molecular flexibility index (Phi) is 6.11. The average Bonchev–Trinajstić information content (AvgIpc) is 3.23. The Morgan fingerprint density at radius 2 is 2.11 bits per heavy atom. The molecule has 1 aliphatic carbocycles. The van der Waals surface area contributed by atoms with Crippen LogP contribution in [0.1, 0.15) is 52.4 Å². The van der Waals surface area contributed by atoms with Gasteiger partial charge in [0.05, 0.1) is 0 Å². The van der Waals surface area contributed by atoms with E-state index in [1.807, 2.05) is 0 Å². The number of nitrogens with zero attached hydrogens (tertiary/aromatic N) is 1. The van der Waals surface area contributed by atoms with Crippen molar-refractivity contribution in [2.24, 2.45) is 11.8 Å². The summed E-state index contributed by atoms with van der Waals surface area (Å²) in [4.78, 5) is 2.73. The van der Waals surface area contributed by atoms with Gasteiger partial charge in [0, 0.05) is 31.8 Å². The second-order valence-electron chi connectivity index (χ2n) is 6.65. The van der Waals surface area contributed by atoms with Crippen LogP contribution in [0.2, 0.25) is 0 Å². The molecule has 1 saturated heterocycles. The monoisotopic (exact) mass is 268 g/mol. The van der Waals surface area contributed by atoms with Crippen molar-refractivity contribution < 1.29 is 5.11 Å². The largest absolute Gasteiger partial charge is 0.396 e. The van der Waals surface area contributed by atoms with Gasteiger partial charge in [-0.1, -0.05) is 13.3 Å². The fraction of sp³-hybridized carbons (Fsp3) is 1.00.